The Morgan fingerprint density at radius 1 is 1.35 bits per heavy atom. The van der Waals surface area contributed by atoms with Crippen molar-refractivity contribution in [3.8, 4) is 5.75 Å². The number of aryl methyl sites for hydroxylation is 1. The van der Waals surface area contributed by atoms with Gasteiger partial charge in [-0.2, -0.15) is 0 Å². The second kappa shape index (κ2) is 5.81. The van der Waals surface area contributed by atoms with Gasteiger partial charge >= 0.3 is 0 Å². The second-order valence-corrected chi connectivity index (χ2v) is 5.46. The normalized spacial score (nSPS) is 10.4. The number of phenolic OH excluding ortho intramolecular Hbond substituents is 1. The summed E-state index contributed by atoms with van der Waals surface area (Å²) >= 11 is 8.97. The zero-order valence-electron chi connectivity index (χ0n) is 10.4. The molecule has 0 fully saturated rings. The Kier molecular flexibility index (Phi) is 4.30. The van der Waals surface area contributed by atoms with Crippen LogP contribution in [0.1, 0.15) is 15.9 Å². The third-order valence-electron chi connectivity index (χ3n) is 2.71. The molecule has 0 atom stereocenters. The molecule has 2 N–H and O–H groups in total. The number of amides is 1. The lowest BCUT2D eigenvalue weighted by Crippen LogP contribution is -2.13. The number of aromatic hydroxyl groups is 1. The summed E-state index contributed by atoms with van der Waals surface area (Å²) < 4.78 is 13.6. The first-order chi connectivity index (χ1) is 9.38. The van der Waals surface area contributed by atoms with Crippen molar-refractivity contribution in [2.24, 2.45) is 0 Å². The first kappa shape index (κ1) is 14.8. The second-order valence-electron chi connectivity index (χ2n) is 4.20. The third kappa shape index (κ3) is 3.11. The van der Waals surface area contributed by atoms with E-state index in [1.54, 1.807) is 6.92 Å². The molecule has 2 aromatic rings. The van der Waals surface area contributed by atoms with E-state index in [9.17, 15) is 14.3 Å². The molecule has 0 heterocycles. The highest BCUT2D eigenvalue weighted by Crippen LogP contribution is 2.26. The van der Waals surface area contributed by atoms with Crippen molar-refractivity contribution in [3.63, 3.8) is 0 Å². The zero-order chi connectivity index (χ0) is 14.9. The van der Waals surface area contributed by atoms with E-state index < -0.39 is 11.7 Å². The molecule has 0 aliphatic rings. The molecule has 0 bridgehead atoms. The summed E-state index contributed by atoms with van der Waals surface area (Å²) in [5.74, 6) is -0.944. The molecule has 0 aromatic heterocycles. The van der Waals surface area contributed by atoms with Crippen LogP contribution >= 0.6 is 27.5 Å². The van der Waals surface area contributed by atoms with Gasteiger partial charge in [0.15, 0.2) is 0 Å². The fraction of sp³-hybridized carbons (Fsp3) is 0.0714. The quantitative estimate of drug-likeness (QED) is 0.830. The molecule has 2 aromatic carbocycles. The molecule has 104 valence electrons. The van der Waals surface area contributed by atoms with Gasteiger partial charge < -0.3 is 10.4 Å². The van der Waals surface area contributed by atoms with Crippen molar-refractivity contribution in [3.05, 3.63) is 56.8 Å². The summed E-state index contributed by atoms with van der Waals surface area (Å²) in [5, 5.41) is 12.2. The molecule has 20 heavy (non-hydrogen) atoms. The lowest BCUT2D eigenvalue weighted by molar-refractivity contribution is 0.102. The molecule has 6 heteroatoms. The Hall–Kier alpha value is -1.59. The number of nitrogens with one attached hydrogen (secondary N) is 1. The molecule has 0 unspecified atom stereocenters. The Morgan fingerprint density at radius 3 is 2.75 bits per heavy atom. The summed E-state index contributed by atoms with van der Waals surface area (Å²) in [4.78, 5) is 12.1. The van der Waals surface area contributed by atoms with Crippen LogP contribution in [0.4, 0.5) is 10.1 Å². The molecule has 0 saturated heterocycles. The van der Waals surface area contributed by atoms with Crippen molar-refractivity contribution in [2.75, 3.05) is 5.32 Å². The minimum Gasteiger partial charge on any atom is -0.508 e. The SMILES string of the molecule is Cc1cc(F)c(Br)cc1NC(=O)c1cc(O)ccc1Cl. The lowest BCUT2D eigenvalue weighted by Gasteiger charge is -2.10. The van der Waals surface area contributed by atoms with Crippen LogP contribution < -0.4 is 5.32 Å². The molecule has 3 nitrogen and oxygen atoms in total. The molecular weight excluding hydrogens is 349 g/mol. The average Bonchev–Trinajstić information content (AvgIpc) is 2.38. The highest BCUT2D eigenvalue weighted by atomic mass is 79.9. The van der Waals surface area contributed by atoms with Crippen LogP contribution in [0.2, 0.25) is 5.02 Å². The van der Waals surface area contributed by atoms with Crippen molar-refractivity contribution < 1.29 is 14.3 Å². The van der Waals surface area contributed by atoms with Crippen LogP contribution in [0.25, 0.3) is 0 Å². The monoisotopic (exact) mass is 357 g/mol. The van der Waals surface area contributed by atoms with Gasteiger partial charge in [-0.25, -0.2) is 4.39 Å². The molecule has 2 rings (SSSR count). The van der Waals surface area contributed by atoms with Crippen LogP contribution in [0, 0.1) is 12.7 Å². The van der Waals surface area contributed by atoms with Gasteiger partial charge in [0.25, 0.3) is 5.91 Å². The maximum atomic E-state index is 13.3. The predicted octanol–water partition coefficient (Wildman–Crippen LogP) is 4.51. The number of phenols is 1. The van der Waals surface area contributed by atoms with Gasteiger partial charge in [-0.05, 0) is 58.7 Å². The van der Waals surface area contributed by atoms with E-state index in [-0.39, 0.29) is 20.8 Å². The summed E-state index contributed by atoms with van der Waals surface area (Å²) in [6.45, 7) is 1.68. The topological polar surface area (TPSA) is 49.3 Å². The smallest absolute Gasteiger partial charge is 0.257 e. The molecule has 0 radical (unpaired) electrons. The highest BCUT2D eigenvalue weighted by Gasteiger charge is 2.14. The number of hydrogen-bond acceptors (Lipinski definition) is 2. The van der Waals surface area contributed by atoms with E-state index in [0.717, 1.165) is 0 Å². The van der Waals surface area contributed by atoms with E-state index in [0.29, 0.717) is 11.3 Å². The fourth-order valence-corrected chi connectivity index (χ4v) is 2.20. The van der Waals surface area contributed by atoms with Gasteiger partial charge in [0, 0.05) is 5.69 Å². The maximum absolute atomic E-state index is 13.3. The van der Waals surface area contributed by atoms with Gasteiger partial charge in [0.1, 0.15) is 11.6 Å². The minimum absolute atomic E-state index is 0.0587. The summed E-state index contributed by atoms with van der Waals surface area (Å²) in [6.07, 6.45) is 0. The van der Waals surface area contributed by atoms with E-state index in [1.807, 2.05) is 0 Å². The van der Waals surface area contributed by atoms with Crippen LogP contribution in [-0.4, -0.2) is 11.0 Å². The zero-order valence-corrected chi connectivity index (χ0v) is 12.7. The van der Waals surface area contributed by atoms with E-state index in [2.05, 4.69) is 21.2 Å². The number of hydrogen-bond donors (Lipinski definition) is 2. The first-order valence-electron chi connectivity index (χ1n) is 5.64. The highest BCUT2D eigenvalue weighted by molar-refractivity contribution is 9.10. The Labute approximate surface area is 128 Å². The minimum atomic E-state index is -0.479. The van der Waals surface area contributed by atoms with Crippen LogP contribution in [-0.2, 0) is 0 Å². The Bertz CT molecular complexity index is 691. The van der Waals surface area contributed by atoms with Crippen LogP contribution in [0.3, 0.4) is 0 Å². The lowest BCUT2D eigenvalue weighted by atomic mass is 10.1. The maximum Gasteiger partial charge on any atom is 0.257 e. The van der Waals surface area contributed by atoms with E-state index in [1.165, 1.54) is 30.3 Å². The van der Waals surface area contributed by atoms with E-state index in [4.69, 9.17) is 11.6 Å². The third-order valence-corrected chi connectivity index (χ3v) is 3.65. The Morgan fingerprint density at radius 2 is 2.05 bits per heavy atom. The van der Waals surface area contributed by atoms with Crippen molar-refractivity contribution in [1.29, 1.82) is 0 Å². The molecule has 0 aliphatic carbocycles. The van der Waals surface area contributed by atoms with Crippen molar-refractivity contribution >= 4 is 39.1 Å². The van der Waals surface area contributed by atoms with Crippen LogP contribution in [0.5, 0.6) is 5.75 Å². The largest absolute Gasteiger partial charge is 0.508 e. The van der Waals surface area contributed by atoms with Gasteiger partial charge in [-0.15, -0.1) is 0 Å². The van der Waals surface area contributed by atoms with Gasteiger partial charge in [0.05, 0.1) is 15.1 Å². The number of benzene rings is 2. The average molecular weight is 359 g/mol. The number of halogens is 3. The summed E-state index contributed by atoms with van der Waals surface area (Å²) in [7, 11) is 0. The standard InChI is InChI=1S/C14H10BrClFNO2/c1-7-4-12(17)10(15)6-13(7)18-14(20)9-5-8(19)2-3-11(9)16/h2-6,19H,1H3,(H,18,20). The van der Waals surface area contributed by atoms with Gasteiger partial charge in [-0.3, -0.25) is 4.79 Å². The molecular formula is C14H10BrClFNO2. The van der Waals surface area contributed by atoms with Gasteiger partial charge in [0.2, 0.25) is 0 Å². The van der Waals surface area contributed by atoms with Crippen molar-refractivity contribution in [2.45, 2.75) is 6.92 Å². The predicted molar refractivity (Wildman–Crippen MR) is 79.9 cm³/mol. The molecule has 0 aliphatic heterocycles. The Balaban J connectivity index is 2.32. The van der Waals surface area contributed by atoms with Gasteiger partial charge in [-0.1, -0.05) is 11.6 Å². The molecule has 1 amide bonds. The first-order valence-corrected chi connectivity index (χ1v) is 6.81. The van der Waals surface area contributed by atoms with Crippen molar-refractivity contribution in [1.82, 2.24) is 0 Å². The number of carbonyl (C=O) groups excluding carboxylic acids is 1. The van der Waals surface area contributed by atoms with E-state index >= 15 is 0 Å². The summed E-state index contributed by atoms with van der Waals surface area (Å²) in [5.41, 5.74) is 1.18. The number of anilines is 1. The summed E-state index contributed by atoms with van der Waals surface area (Å²) in [6, 6.07) is 6.87. The fourth-order valence-electron chi connectivity index (χ4n) is 1.66. The number of rotatable bonds is 2. The number of carbonyl (C=O) groups is 1. The molecule has 0 spiro atoms. The molecule has 0 saturated carbocycles. The van der Waals surface area contributed by atoms with Crippen LogP contribution in [0.15, 0.2) is 34.8 Å².